The zero-order valence-electron chi connectivity index (χ0n) is 18.8. The van der Waals surface area contributed by atoms with Crippen molar-refractivity contribution in [2.24, 2.45) is 11.5 Å². The molecule has 11 heteroatoms. The van der Waals surface area contributed by atoms with Crippen LogP contribution in [0.1, 0.15) is 24.8 Å². The number of carbonyl (C=O) groups excluding carboxylic acids is 2. The maximum atomic E-state index is 12.3. The minimum atomic E-state index is -1.11. The molecule has 2 atom stereocenters. The van der Waals surface area contributed by atoms with Crippen LogP contribution in [-0.2, 0) is 20.8 Å². The Balaban J connectivity index is 1.38. The maximum absolute atomic E-state index is 12.3. The number of amides is 2. The second kappa shape index (κ2) is 11.3. The molecule has 182 valence electrons. The molecule has 1 aliphatic rings. The first kappa shape index (κ1) is 24.8. The number of nitrogens with two attached hydrogens (primary N) is 2. The summed E-state index contributed by atoms with van der Waals surface area (Å²) < 4.78 is 0. The quantitative estimate of drug-likeness (QED) is 0.104. The van der Waals surface area contributed by atoms with Crippen molar-refractivity contribution in [1.82, 2.24) is 20.5 Å². The maximum Gasteiger partial charge on any atom is 0.326 e. The topological polar surface area (TPSA) is 190 Å². The van der Waals surface area contributed by atoms with Gasteiger partial charge in [0.05, 0.1) is 6.04 Å². The normalized spacial score (nSPS) is 15.0. The molecule has 0 radical (unpaired) electrons. The number of benzene rings is 1. The van der Waals surface area contributed by atoms with Crippen molar-refractivity contribution in [3.8, 4) is 0 Å². The third-order valence-electron chi connectivity index (χ3n) is 5.77. The lowest BCUT2D eigenvalue weighted by atomic mass is 10.0. The number of aromatic nitrogens is 1. The molecular weight excluding hydrogens is 438 g/mol. The molecule has 1 aromatic carbocycles. The highest BCUT2D eigenvalue weighted by Gasteiger charge is 2.23. The summed E-state index contributed by atoms with van der Waals surface area (Å²) in [7, 11) is 0. The molecule has 0 aliphatic carbocycles. The summed E-state index contributed by atoms with van der Waals surface area (Å²) in [5, 5.41) is 23.2. The van der Waals surface area contributed by atoms with Crippen LogP contribution in [0.25, 0.3) is 10.9 Å². The van der Waals surface area contributed by atoms with Crippen molar-refractivity contribution in [2.75, 3.05) is 19.6 Å². The number of aromatic amines is 1. The Hall–Kier alpha value is -3.86. The lowest BCUT2D eigenvalue weighted by molar-refractivity contribution is -0.141. The first-order valence-corrected chi connectivity index (χ1v) is 11.1. The molecule has 1 aromatic heterocycles. The van der Waals surface area contributed by atoms with E-state index < -0.39 is 24.0 Å². The van der Waals surface area contributed by atoms with E-state index in [-0.39, 0.29) is 31.3 Å². The van der Waals surface area contributed by atoms with E-state index in [2.05, 4.69) is 15.6 Å². The van der Waals surface area contributed by atoms with E-state index in [4.69, 9.17) is 16.9 Å². The van der Waals surface area contributed by atoms with Crippen molar-refractivity contribution < 1.29 is 19.5 Å². The molecule has 1 unspecified atom stereocenters. The number of carboxylic acids is 1. The van der Waals surface area contributed by atoms with Crippen LogP contribution >= 0.6 is 0 Å². The van der Waals surface area contributed by atoms with E-state index in [0.29, 0.717) is 25.9 Å². The summed E-state index contributed by atoms with van der Waals surface area (Å²) in [6, 6.07) is 5.78. The number of fused-ring (bicyclic) bond motifs is 1. The van der Waals surface area contributed by atoms with Crippen molar-refractivity contribution in [3.63, 3.8) is 0 Å². The molecule has 1 aliphatic heterocycles. The van der Waals surface area contributed by atoms with E-state index in [1.165, 1.54) is 0 Å². The smallest absolute Gasteiger partial charge is 0.326 e. The third kappa shape index (κ3) is 6.58. The van der Waals surface area contributed by atoms with Gasteiger partial charge in [0.15, 0.2) is 5.96 Å². The molecule has 11 nitrogen and oxygen atoms in total. The van der Waals surface area contributed by atoms with Gasteiger partial charge in [-0.3, -0.25) is 15.0 Å². The summed E-state index contributed by atoms with van der Waals surface area (Å²) >= 11 is 0. The molecular formula is C23H31N7O4. The molecule has 3 rings (SSSR count). The van der Waals surface area contributed by atoms with Crippen molar-refractivity contribution >= 4 is 34.6 Å². The number of aliphatic carboxylic acids is 1. The summed E-state index contributed by atoms with van der Waals surface area (Å²) in [6.07, 6.45) is 4.62. The van der Waals surface area contributed by atoms with Gasteiger partial charge in [-0.05, 0) is 24.5 Å². The van der Waals surface area contributed by atoms with Crippen LogP contribution in [0.15, 0.2) is 42.1 Å². The molecule has 9 N–H and O–H groups in total. The summed E-state index contributed by atoms with van der Waals surface area (Å²) in [5.74, 6) is -1.85. The van der Waals surface area contributed by atoms with Gasteiger partial charge in [-0.1, -0.05) is 29.8 Å². The Morgan fingerprint density at radius 3 is 2.71 bits per heavy atom. The van der Waals surface area contributed by atoms with Crippen LogP contribution in [-0.4, -0.2) is 70.5 Å². The number of carboxylic acid groups (broad SMARTS) is 1. The first-order chi connectivity index (χ1) is 16.2. The molecule has 34 heavy (non-hydrogen) atoms. The van der Waals surface area contributed by atoms with E-state index in [1.54, 1.807) is 11.1 Å². The number of hydrogen-bond acceptors (Lipinski definition) is 5. The van der Waals surface area contributed by atoms with Crippen molar-refractivity contribution in [3.05, 3.63) is 47.7 Å². The Bertz CT molecular complexity index is 1090. The molecule has 2 amide bonds. The summed E-state index contributed by atoms with van der Waals surface area (Å²) in [5.41, 5.74) is 14.1. The summed E-state index contributed by atoms with van der Waals surface area (Å²) in [4.78, 5) is 40.9. The lowest BCUT2D eigenvalue weighted by Crippen LogP contribution is -2.43. The largest absolute Gasteiger partial charge is 0.480 e. The number of hydrogen-bond donors (Lipinski definition) is 7. The molecule has 0 bridgehead atoms. The molecule has 0 saturated carbocycles. The highest BCUT2D eigenvalue weighted by molar-refractivity contribution is 5.87. The Morgan fingerprint density at radius 2 is 2.00 bits per heavy atom. The SMILES string of the molecule is N=C(N)N1CC=C(CC(N)C(=O)NCCCC(=O)N[C@@H](Cc2c[nH]c3ccccc23)C(=O)O)C1. The lowest BCUT2D eigenvalue weighted by Gasteiger charge is -2.17. The predicted octanol–water partition coefficient (Wildman–Crippen LogP) is 0.0291. The number of nitrogens with zero attached hydrogens (tertiary/aromatic N) is 1. The fourth-order valence-electron chi connectivity index (χ4n) is 3.90. The van der Waals surface area contributed by atoms with Crippen molar-refractivity contribution in [1.29, 1.82) is 5.41 Å². The standard InChI is InChI=1S/C23H31N7O4/c24-17(10-14-7-9-30(13-14)23(25)26)21(32)27-8-3-6-20(31)29-19(22(33)34)11-15-12-28-18-5-2-1-4-16(15)18/h1-2,4-5,7,12,17,19,28H,3,6,8-11,13,24H2,(H3,25,26)(H,27,32)(H,29,31)(H,33,34)/t17?,19-/m0/s1. The van der Waals surface area contributed by atoms with Gasteiger partial charge in [0.25, 0.3) is 0 Å². The average Bonchev–Trinajstić information content (AvgIpc) is 3.43. The second-order valence-electron chi connectivity index (χ2n) is 8.36. The van der Waals surface area contributed by atoms with Gasteiger partial charge in [-0.15, -0.1) is 0 Å². The van der Waals surface area contributed by atoms with Crippen LogP contribution in [0, 0.1) is 5.41 Å². The predicted molar refractivity (Wildman–Crippen MR) is 128 cm³/mol. The van der Waals surface area contributed by atoms with Gasteiger partial charge in [-0.2, -0.15) is 0 Å². The van der Waals surface area contributed by atoms with E-state index in [0.717, 1.165) is 22.0 Å². The second-order valence-corrected chi connectivity index (χ2v) is 8.36. The van der Waals surface area contributed by atoms with Crippen LogP contribution in [0.4, 0.5) is 0 Å². The van der Waals surface area contributed by atoms with Gasteiger partial charge < -0.3 is 37.1 Å². The van der Waals surface area contributed by atoms with Crippen LogP contribution in [0.2, 0.25) is 0 Å². The first-order valence-electron chi connectivity index (χ1n) is 11.1. The number of H-pyrrole nitrogens is 1. The fourth-order valence-corrected chi connectivity index (χ4v) is 3.90. The average molecular weight is 470 g/mol. The van der Waals surface area contributed by atoms with Crippen LogP contribution < -0.4 is 22.1 Å². The van der Waals surface area contributed by atoms with Crippen molar-refractivity contribution in [2.45, 2.75) is 37.8 Å². The van der Waals surface area contributed by atoms with E-state index in [1.807, 2.05) is 30.3 Å². The van der Waals surface area contributed by atoms with Gasteiger partial charge in [-0.25, -0.2) is 4.79 Å². The third-order valence-corrected chi connectivity index (χ3v) is 5.77. The Kier molecular flexibility index (Phi) is 8.25. The molecule has 0 spiro atoms. The molecule has 0 saturated heterocycles. The Morgan fingerprint density at radius 1 is 1.24 bits per heavy atom. The van der Waals surface area contributed by atoms with Gasteiger partial charge in [0, 0.05) is 49.6 Å². The monoisotopic (exact) mass is 469 g/mol. The van der Waals surface area contributed by atoms with Gasteiger partial charge >= 0.3 is 5.97 Å². The number of guanidine groups is 1. The minimum absolute atomic E-state index is 0.0193. The van der Waals surface area contributed by atoms with E-state index in [9.17, 15) is 19.5 Å². The zero-order valence-corrected chi connectivity index (χ0v) is 18.8. The molecule has 2 aromatic rings. The van der Waals surface area contributed by atoms with E-state index >= 15 is 0 Å². The number of rotatable bonds is 11. The number of carbonyl (C=O) groups is 3. The minimum Gasteiger partial charge on any atom is -0.480 e. The van der Waals surface area contributed by atoms with Crippen LogP contribution in [0.3, 0.4) is 0 Å². The fraction of sp³-hybridized carbons (Fsp3) is 0.391. The molecule has 2 heterocycles. The van der Waals surface area contributed by atoms with Crippen LogP contribution in [0.5, 0.6) is 0 Å². The summed E-state index contributed by atoms with van der Waals surface area (Å²) in [6.45, 7) is 1.27. The highest BCUT2D eigenvalue weighted by Crippen LogP contribution is 2.19. The van der Waals surface area contributed by atoms with Gasteiger partial charge in [0.1, 0.15) is 6.04 Å². The van der Waals surface area contributed by atoms with Gasteiger partial charge in [0.2, 0.25) is 11.8 Å². The Labute approximate surface area is 197 Å². The number of nitrogens with one attached hydrogen (secondary N) is 4. The zero-order chi connectivity index (χ0) is 24.7. The molecule has 0 fully saturated rings. The number of para-hydroxylation sites is 1. The highest BCUT2D eigenvalue weighted by atomic mass is 16.4.